The minimum Gasteiger partial charge on any atom is -0.357 e. The summed E-state index contributed by atoms with van der Waals surface area (Å²) < 4.78 is 49.6. The zero-order chi connectivity index (χ0) is 19.5. The predicted molar refractivity (Wildman–Crippen MR) is 104 cm³/mol. The summed E-state index contributed by atoms with van der Waals surface area (Å²) in [6.45, 7) is 2.01. The summed E-state index contributed by atoms with van der Waals surface area (Å²) in [7, 11) is 1.72. The molecule has 140 valence electrons. The van der Waals surface area contributed by atoms with Crippen LogP contribution in [0.3, 0.4) is 0 Å². The van der Waals surface area contributed by atoms with Gasteiger partial charge in [0.2, 0.25) is 0 Å². The molecule has 1 atom stereocenters. The molecule has 0 radical (unpaired) electrons. The first-order valence-corrected chi connectivity index (χ1v) is 9.49. The second-order valence-electron chi connectivity index (χ2n) is 6.42. The van der Waals surface area contributed by atoms with E-state index in [0.29, 0.717) is 26.1 Å². The first-order chi connectivity index (χ1) is 12.7. The van der Waals surface area contributed by atoms with Crippen molar-refractivity contribution in [2.45, 2.75) is 12.5 Å². The number of aryl methyl sites for hydroxylation is 2. The molecule has 0 aliphatic carbocycles. The normalized spacial score (nSPS) is 18.8. The minimum absolute atomic E-state index is 0.219. The fourth-order valence-electron chi connectivity index (χ4n) is 3.54. The van der Waals surface area contributed by atoms with E-state index in [1.165, 1.54) is 18.2 Å². The summed E-state index contributed by atoms with van der Waals surface area (Å²) >= 11 is 8.17. The van der Waals surface area contributed by atoms with Gasteiger partial charge in [-0.2, -0.15) is 5.10 Å². The highest BCUT2D eigenvalue weighted by atomic mass is 127. The molecule has 3 aromatic rings. The number of hydrogen-bond donors (Lipinski definition) is 0. The maximum atomic E-state index is 14.7. The van der Waals surface area contributed by atoms with Crippen molar-refractivity contribution < 1.29 is 17.9 Å². The number of halogens is 5. The average Bonchev–Trinajstić information content (AvgIpc) is 3.26. The average molecular weight is 505 g/mol. The van der Waals surface area contributed by atoms with Crippen LogP contribution in [0, 0.1) is 27.9 Å². The lowest BCUT2D eigenvalue weighted by molar-refractivity contribution is 0.327. The van der Waals surface area contributed by atoms with Gasteiger partial charge >= 0.3 is 0 Å². The molecule has 1 saturated heterocycles. The van der Waals surface area contributed by atoms with E-state index in [-0.39, 0.29) is 17.2 Å². The lowest BCUT2D eigenvalue weighted by Gasteiger charge is -2.18. The molecule has 0 saturated carbocycles. The van der Waals surface area contributed by atoms with Gasteiger partial charge in [0, 0.05) is 33.4 Å². The number of hydrogen-bond acceptors (Lipinski definition) is 2. The van der Waals surface area contributed by atoms with Crippen molar-refractivity contribution in [3.05, 3.63) is 73.3 Å². The number of benzene rings is 2. The molecular weight excluding hydrogens is 492 g/mol. The van der Waals surface area contributed by atoms with Crippen molar-refractivity contribution in [1.82, 2.24) is 9.78 Å². The molecule has 2 heterocycles. The molecule has 1 fully saturated rings. The van der Waals surface area contributed by atoms with E-state index in [4.69, 9.17) is 16.3 Å². The zero-order valence-electron chi connectivity index (χ0n) is 14.3. The Hall–Kier alpha value is -1.58. The summed E-state index contributed by atoms with van der Waals surface area (Å²) in [5, 5.41) is 4.66. The highest BCUT2D eigenvalue weighted by Crippen LogP contribution is 2.52. The highest BCUT2D eigenvalue weighted by molar-refractivity contribution is 14.1. The molecule has 0 spiro atoms. The third-order valence-electron chi connectivity index (χ3n) is 4.65. The Labute approximate surface area is 172 Å². The largest absolute Gasteiger partial charge is 0.357 e. The quantitative estimate of drug-likeness (QED) is 0.356. The van der Waals surface area contributed by atoms with Gasteiger partial charge in [-0.05, 0) is 53.8 Å². The Balaban J connectivity index is 1.99. The highest BCUT2D eigenvalue weighted by Gasteiger charge is 2.55. The number of ether oxygens (including phenoxy) is 1. The summed E-state index contributed by atoms with van der Waals surface area (Å²) in [6, 6.07) is 6.19. The van der Waals surface area contributed by atoms with Crippen LogP contribution in [-0.4, -0.2) is 16.4 Å². The molecule has 1 aliphatic rings. The second-order valence-corrected chi connectivity index (χ2v) is 7.99. The van der Waals surface area contributed by atoms with Crippen LogP contribution in [0.1, 0.15) is 17.0 Å². The standard InChI is InChI=1S/C19H13ClF3IN2O/c1-9-16(12-4-3-10(21)5-13(12)20)18(26(2)25-9)19(8-27-19)17-14(23)6-11(22)7-15(17)24/h3-7H,8H2,1-2H3. The summed E-state index contributed by atoms with van der Waals surface area (Å²) in [5.74, 6) is -1.80. The van der Waals surface area contributed by atoms with Crippen LogP contribution in [0.15, 0.2) is 30.3 Å². The number of nitrogens with zero attached hydrogens (tertiary/aromatic N) is 2. The smallest absolute Gasteiger partial charge is 0.162 e. The van der Waals surface area contributed by atoms with Crippen molar-refractivity contribution in [3.63, 3.8) is 0 Å². The molecule has 1 aliphatic heterocycles. The fourth-order valence-corrected chi connectivity index (χ4v) is 4.79. The van der Waals surface area contributed by atoms with Gasteiger partial charge in [0.05, 0.1) is 23.0 Å². The van der Waals surface area contributed by atoms with Gasteiger partial charge in [-0.3, -0.25) is 4.68 Å². The first-order valence-electron chi connectivity index (χ1n) is 8.03. The molecule has 27 heavy (non-hydrogen) atoms. The number of rotatable bonds is 3. The Morgan fingerprint density at radius 2 is 1.89 bits per heavy atom. The summed E-state index contributed by atoms with van der Waals surface area (Å²) in [4.78, 5) is 0. The van der Waals surface area contributed by atoms with Crippen LogP contribution in [0.5, 0.6) is 0 Å². The molecule has 1 aromatic heterocycles. The molecular formula is C19H13ClF3IN2O. The van der Waals surface area contributed by atoms with Crippen LogP contribution < -0.4 is 0 Å². The molecule has 1 unspecified atom stereocenters. The van der Waals surface area contributed by atoms with Crippen LogP contribution in [-0.2, 0) is 17.4 Å². The third-order valence-corrected chi connectivity index (χ3v) is 5.81. The van der Waals surface area contributed by atoms with Gasteiger partial charge in [-0.1, -0.05) is 11.6 Å². The van der Waals surface area contributed by atoms with E-state index in [1.54, 1.807) is 24.7 Å². The maximum absolute atomic E-state index is 14.7. The Morgan fingerprint density at radius 3 is 2.48 bits per heavy atom. The van der Waals surface area contributed by atoms with E-state index >= 15 is 0 Å². The van der Waals surface area contributed by atoms with Crippen LogP contribution in [0.25, 0.3) is 11.1 Å². The Bertz CT molecular complexity index is 1060. The van der Waals surface area contributed by atoms with Crippen LogP contribution in [0.4, 0.5) is 13.2 Å². The van der Waals surface area contributed by atoms with Gasteiger partial charge in [0.25, 0.3) is 0 Å². The summed E-state index contributed by atoms with van der Waals surface area (Å²) in [6.07, 6.45) is 0. The SMILES string of the molecule is Cc1nn(C)c(C2(c3c(F)cc(F)cc3I)CO2)c1-c1ccc(F)cc1Cl. The van der Waals surface area contributed by atoms with Crippen molar-refractivity contribution >= 4 is 34.2 Å². The van der Waals surface area contributed by atoms with E-state index in [1.807, 2.05) is 22.6 Å². The number of aromatic nitrogens is 2. The first kappa shape index (κ1) is 18.8. The van der Waals surface area contributed by atoms with E-state index in [0.717, 1.165) is 6.07 Å². The lowest BCUT2D eigenvalue weighted by Crippen LogP contribution is -2.20. The molecule has 0 bridgehead atoms. The topological polar surface area (TPSA) is 30.4 Å². The van der Waals surface area contributed by atoms with Crippen molar-refractivity contribution in [2.24, 2.45) is 7.05 Å². The predicted octanol–water partition coefficient (Wildman–Crippen LogP) is 5.34. The maximum Gasteiger partial charge on any atom is 0.162 e. The van der Waals surface area contributed by atoms with Crippen LogP contribution >= 0.6 is 34.2 Å². The molecule has 2 aromatic carbocycles. The number of epoxide rings is 1. The van der Waals surface area contributed by atoms with Gasteiger partial charge in [0.15, 0.2) is 5.60 Å². The van der Waals surface area contributed by atoms with Gasteiger partial charge in [0.1, 0.15) is 17.5 Å². The molecule has 0 amide bonds. The second kappa shape index (κ2) is 6.49. The van der Waals surface area contributed by atoms with Gasteiger partial charge < -0.3 is 4.74 Å². The lowest BCUT2D eigenvalue weighted by atomic mass is 9.89. The van der Waals surface area contributed by atoms with Crippen molar-refractivity contribution in [2.75, 3.05) is 6.61 Å². The molecule has 0 N–H and O–H groups in total. The molecule has 8 heteroatoms. The van der Waals surface area contributed by atoms with Gasteiger partial charge in [-0.15, -0.1) is 0 Å². The van der Waals surface area contributed by atoms with Crippen molar-refractivity contribution in [3.8, 4) is 11.1 Å². The molecule has 4 rings (SSSR count). The third kappa shape index (κ3) is 2.96. The van der Waals surface area contributed by atoms with Crippen LogP contribution in [0.2, 0.25) is 5.02 Å². The Kier molecular flexibility index (Phi) is 4.51. The Morgan fingerprint density at radius 1 is 1.19 bits per heavy atom. The fraction of sp³-hybridized carbons (Fsp3) is 0.211. The molecule has 3 nitrogen and oxygen atoms in total. The zero-order valence-corrected chi connectivity index (χ0v) is 17.2. The monoisotopic (exact) mass is 504 g/mol. The van der Waals surface area contributed by atoms with Crippen molar-refractivity contribution in [1.29, 1.82) is 0 Å². The van der Waals surface area contributed by atoms with E-state index < -0.39 is 23.1 Å². The van der Waals surface area contributed by atoms with E-state index in [9.17, 15) is 13.2 Å². The minimum atomic E-state index is -1.10. The van der Waals surface area contributed by atoms with Gasteiger partial charge in [-0.25, -0.2) is 13.2 Å². The summed E-state index contributed by atoms with van der Waals surface area (Å²) in [5.41, 5.74) is 1.63. The van der Waals surface area contributed by atoms with E-state index in [2.05, 4.69) is 5.10 Å².